The molecule has 0 amide bonds. The fraction of sp³-hybridized carbons (Fsp3) is 0.300. The monoisotopic (exact) mass is 288 g/mol. The van der Waals surface area contributed by atoms with Gasteiger partial charge in [0.25, 0.3) is 0 Å². The van der Waals surface area contributed by atoms with Gasteiger partial charge in [-0.05, 0) is 46.2 Å². The first-order valence-corrected chi connectivity index (χ1v) is 7.34. The van der Waals surface area contributed by atoms with Crippen LogP contribution in [0.5, 0.6) is 0 Å². The smallest absolute Gasteiger partial charge is 0.0991 e. The van der Waals surface area contributed by atoms with E-state index in [1.807, 2.05) is 42.5 Å². The van der Waals surface area contributed by atoms with Crippen molar-refractivity contribution in [3.05, 3.63) is 70.8 Å². The molecule has 0 atom stereocenters. The summed E-state index contributed by atoms with van der Waals surface area (Å²) in [4.78, 5) is 0. The molecule has 2 aromatic rings. The van der Waals surface area contributed by atoms with Crippen LogP contribution in [0, 0.1) is 22.7 Å². The summed E-state index contributed by atoms with van der Waals surface area (Å²) in [5, 5.41) is 18.1. The van der Waals surface area contributed by atoms with Gasteiger partial charge in [-0.2, -0.15) is 10.5 Å². The standard InChI is InChI=1S/C20H20N2/c1-19(2,17-10-8-15(13-21)9-11-17)20(3,4)18-7-5-6-16(12-18)14-22/h5-12H,1-4H3. The van der Waals surface area contributed by atoms with Gasteiger partial charge in [-0.25, -0.2) is 0 Å². The van der Waals surface area contributed by atoms with Crippen LogP contribution in [0.2, 0.25) is 0 Å². The molecule has 0 aliphatic carbocycles. The maximum Gasteiger partial charge on any atom is 0.0991 e. The maximum absolute atomic E-state index is 9.12. The fourth-order valence-electron chi connectivity index (χ4n) is 2.66. The van der Waals surface area contributed by atoms with Crippen LogP contribution >= 0.6 is 0 Å². The van der Waals surface area contributed by atoms with Crippen molar-refractivity contribution in [1.82, 2.24) is 0 Å². The molecule has 0 spiro atoms. The number of hydrogen-bond acceptors (Lipinski definition) is 2. The third kappa shape index (κ3) is 2.61. The molecule has 0 radical (unpaired) electrons. The lowest BCUT2D eigenvalue weighted by Crippen LogP contribution is -2.40. The fourth-order valence-corrected chi connectivity index (χ4v) is 2.66. The summed E-state index contributed by atoms with van der Waals surface area (Å²) < 4.78 is 0. The first-order valence-electron chi connectivity index (χ1n) is 7.34. The minimum atomic E-state index is -0.159. The van der Waals surface area contributed by atoms with Crippen LogP contribution in [0.15, 0.2) is 48.5 Å². The number of rotatable bonds is 3. The summed E-state index contributed by atoms with van der Waals surface area (Å²) in [5.74, 6) is 0. The van der Waals surface area contributed by atoms with E-state index < -0.39 is 0 Å². The molecule has 2 aromatic carbocycles. The van der Waals surface area contributed by atoms with Crippen molar-refractivity contribution in [2.75, 3.05) is 0 Å². The van der Waals surface area contributed by atoms with Crippen molar-refractivity contribution >= 4 is 0 Å². The van der Waals surface area contributed by atoms with E-state index in [-0.39, 0.29) is 10.8 Å². The third-order valence-electron chi connectivity index (χ3n) is 5.01. The quantitative estimate of drug-likeness (QED) is 0.823. The van der Waals surface area contributed by atoms with Crippen molar-refractivity contribution in [3.63, 3.8) is 0 Å². The Morgan fingerprint density at radius 3 is 1.77 bits per heavy atom. The Balaban J connectivity index is 2.49. The zero-order chi connectivity index (χ0) is 16.4. The largest absolute Gasteiger partial charge is 0.192 e. The van der Waals surface area contributed by atoms with E-state index in [4.69, 9.17) is 10.5 Å². The van der Waals surface area contributed by atoms with Crippen LogP contribution in [0.25, 0.3) is 0 Å². The Morgan fingerprint density at radius 1 is 0.682 bits per heavy atom. The second kappa shape index (κ2) is 5.66. The van der Waals surface area contributed by atoms with E-state index in [0.717, 1.165) is 5.56 Å². The first kappa shape index (κ1) is 15.8. The number of benzene rings is 2. The zero-order valence-corrected chi connectivity index (χ0v) is 13.5. The molecule has 0 unspecified atom stereocenters. The Labute approximate surface area is 132 Å². The zero-order valence-electron chi connectivity index (χ0n) is 13.5. The van der Waals surface area contributed by atoms with Crippen LogP contribution in [0.3, 0.4) is 0 Å². The third-order valence-corrected chi connectivity index (χ3v) is 5.01. The van der Waals surface area contributed by atoms with Crippen molar-refractivity contribution in [2.24, 2.45) is 0 Å². The summed E-state index contributed by atoms with van der Waals surface area (Å²) in [6.45, 7) is 8.80. The number of nitrogens with zero attached hydrogens (tertiary/aromatic N) is 2. The van der Waals surface area contributed by atoms with Crippen LogP contribution < -0.4 is 0 Å². The van der Waals surface area contributed by atoms with Gasteiger partial charge in [-0.3, -0.25) is 0 Å². The molecule has 0 fully saturated rings. The Hall–Kier alpha value is -2.58. The van der Waals surface area contributed by atoms with Gasteiger partial charge < -0.3 is 0 Å². The average molecular weight is 288 g/mol. The highest BCUT2D eigenvalue weighted by Crippen LogP contribution is 2.43. The lowest BCUT2D eigenvalue weighted by molar-refractivity contribution is 0.303. The second-order valence-corrected chi connectivity index (χ2v) is 6.63. The van der Waals surface area contributed by atoms with Crippen molar-refractivity contribution < 1.29 is 0 Å². The van der Waals surface area contributed by atoms with Crippen molar-refractivity contribution in [3.8, 4) is 12.1 Å². The molecule has 0 saturated carbocycles. The lowest BCUT2D eigenvalue weighted by atomic mass is 9.61. The highest BCUT2D eigenvalue weighted by Gasteiger charge is 2.39. The molecule has 2 nitrogen and oxygen atoms in total. The average Bonchev–Trinajstić information content (AvgIpc) is 2.54. The Bertz CT molecular complexity index is 754. The number of hydrogen-bond donors (Lipinski definition) is 0. The molecule has 0 bridgehead atoms. The molecule has 0 heterocycles. The lowest BCUT2D eigenvalue weighted by Gasteiger charge is -2.43. The Morgan fingerprint density at radius 2 is 1.23 bits per heavy atom. The van der Waals surface area contributed by atoms with E-state index in [1.54, 1.807) is 0 Å². The SMILES string of the molecule is CC(C)(c1ccc(C#N)cc1)C(C)(C)c1cccc(C#N)c1. The van der Waals surface area contributed by atoms with E-state index in [0.29, 0.717) is 11.1 Å². The second-order valence-electron chi connectivity index (χ2n) is 6.63. The molecule has 110 valence electrons. The summed E-state index contributed by atoms with van der Waals surface area (Å²) in [7, 11) is 0. The maximum atomic E-state index is 9.12. The van der Waals surface area contributed by atoms with E-state index in [1.165, 1.54) is 5.56 Å². The molecule has 0 aliphatic heterocycles. The van der Waals surface area contributed by atoms with Gasteiger partial charge >= 0.3 is 0 Å². The van der Waals surface area contributed by atoms with E-state index >= 15 is 0 Å². The van der Waals surface area contributed by atoms with Gasteiger partial charge in [0.15, 0.2) is 0 Å². The molecule has 2 heteroatoms. The summed E-state index contributed by atoms with van der Waals surface area (Å²) in [6, 6.07) is 19.9. The van der Waals surface area contributed by atoms with E-state index in [9.17, 15) is 0 Å². The minimum Gasteiger partial charge on any atom is -0.192 e. The minimum absolute atomic E-state index is 0.144. The van der Waals surface area contributed by atoms with Crippen LogP contribution in [0.4, 0.5) is 0 Å². The molecule has 0 aliphatic rings. The van der Waals surface area contributed by atoms with Crippen LogP contribution in [-0.4, -0.2) is 0 Å². The van der Waals surface area contributed by atoms with Crippen LogP contribution in [0.1, 0.15) is 49.9 Å². The summed E-state index contributed by atoms with van der Waals surface area (Å²) >= 11 is 0. The summed E-state index contributed by atoms with van der Waals surface area (Å²) in [5.41, 5.74) is 3.37. The highest BCUT2D eigenvalue weighted by molar-refractivity contribution is 5.42. The van der Waals surface area contributed by atoms with Crippen molar-refractivity contribution in [1.29, 1.82) is 10.5 Å². The van der Waals surface area contributed by atoms with Gasteiger partial charge in [0.1, 0.15) is 0 Å². The van der Waals surface area contributed by atoms with Gasteiger partial charge in [0, 0.05) is 0 Å². The van der Waals surface area contributed by atoms with E-state index in [2.05, 4.69) is 45.9 Å². The molecule has 0 aromatic heterocycles. The topological polar surface area (TPSA) is 47.6 Å². The molecular weight excluding hydrogens is 268 g/mol. The predicted octanol–water partition coefficient (Wildman–Crippen LogP) is 4.69. The van der Waals surface area contributed by atoms with Gasteiger partial charge in [-0.1, -0.05) is 52.0 Å². The molecule has 22 heavy (non-hydrogen) atoms. The highest BCUT2D eigenvalue weighted by atomic mass is 14.4. The normalized spacial score (nSPS) is 11.5. The summed E-state index contributed by atoms with van der Waals surface area (Å²) in [6.07, 6.45) is 0. The number of nitriles is 2. The Kier molecular flexibility index (Phi) is 4.07. The van der Waals surface area contributed by atoms with Gasteiger partial charge in [-0.15, -0.1) is 0 Å². The van der Waals surface area contributed by atoms with Crippen LogP contribution in [-0.2, 0) is 10.8 Å². The molecular formula is C20H20N2. The predicted molar refractivity (Wildman–Crippen MR) is 88.4 cm³/mol. The van der Waals surface area contributed by atoms with Gasteiger partial charge in [0.05, 0.1) is 23.3 Å². The van der Waals surface area contributed by atoms with Gasteiger partial charge in [0.2, 0.25) is 0 Å². The molecule has 0 saturated heterocycles. The first-order chi connectivity index (χ1) is 10.3. The molecule has 2 rings (SSSR count). The van der Waals surface area contributed by atoms with Crippen molar-refractivity contribution in [2.45, 2.75) is 38.5 Å². The molecule has 0 N–H and O–H groups in total.